The van der Waals surface area contributed by atoms with Crippen molar-refractivity contribution in [2.45, 2.75) is 13.8 Å². The van der Waals surface area contributed by atoms with E-state index in [9.17, 15) is 9.59 Å². The molecular formula is C9H9BrO3S. The van der Waals surface area contributed by atoms with Gasteiger partial charge in [0.05, 0.1) is 10.4 Å². The smallest absolute Gasteiger partial charge is 0.379 e. The number of hydrogen-bond donors (Lipinski definition) is 0. The molecule has 0 unspecified atom stereocenters. The largest absolute Gasteiger partial charge is 0.460 e. The van der Waals surface area contributed by atoms with Gasteiger partial charge in [-0.3, -0.25) is 4.79 Å². The molecule has 0 radical (unpaired) electrons. The molecule has 0 aliphatic carbocycles. The molecule has 0 N–H and O–H groups in total. The van der Waals surface area contributed by atoms with Gasteiger partial charge >= 0.3 is 5.97 Å². The maximum atomic E-state index is 11.5. The Hall–Kier alpha value is -0.680. The van der Waals surface area contributed by atoms with E-state index in [4.69, 9.17) is 0 Å². The average Bonchev–Trinajstić information content (AvgIpc) is 2.44. The normalized spacial score (nSPS) is 9.93. The lowest BCUT2D eigenvalue weighted by Gasteiger charge is -1.99. The molecule has 1 aromatic rings. The Morgan fingerprint density at radius 2 is 2.21 bits per heavy atom. The van der Waals surface area contributed by atoms with Crippen LogP contribution < -0.4 is 0 Å². The fourth-order valence-electron chi connectivity index (χ4n) is 0.978. The van der Waals surface area contributed by atoms with E-state index in [1.54, 1.807) is 19.9 Å². The van der Waals surface area contributed by atoms with Gasteiger partial charge in [0.1, 0.15) is 0 Å². The number of esters is 1. The minimum absolute atomic E-state index is 0.217. The Morgan fingerprint density at radius 3 is 2.64 bits per heavy atom. The fourth-order valence-corrected chi connectivity index (χ4v) is 2.67. The standard InChI is InChI=1S/C9H9BrO3S/c1-3-13-9(12)8(11)6-4-7(10)14-5(6)2/h4H,3H2,1-2H3. The van der Waals surface area contributed by atoms with Crippen molar-refractivity contribution in [3.05, 3.63) is 20.3 Å². The van der Waals surface area contributed by atoms with Crippen molar-refractivity contribution in [3.8, 4) is 0 Å². The number of aryl methyl sites for hydroxylation is 1. The molecule has 3 nitrogen and oxygen atoms in total. The zero-order valence-electron chi connectivity index (χ0n) is 7.80. The third-order valence-electron chi connectivity index (χ3n) is 1.59. The zero-order chi connectivity index (χ0) is 10.7. The summed E-state index contributed by atoms with van der Waals surface area (Å²) in [5, 5.41) is 0. The van der Waals surface area contributed by atoms with Crippen LogP contribution in [0.4, 0.5) is 0 Å². The first-order valence-electron chi connectivity index (χ1n) is 4.03. The lowest BCUT2D eigenvalue weighted by molar-refractivity contribution is -0.137. The highest BCUT2D eigenvalue weighted by Gasteiger charge is 2.21. The summed E-state index contributed by atoms with van der Waals surface area (Å²) in [6, 6.07) is 1.64. The first kappa shape index (κ1) is 11.4. The summed E-state index contributed by atoms with van der Waals surface area (Å²) in [7, 11) is 0. The monoisotopic (exact) mass is 276 g/mol. The molecule has 0 saturated heterocycles. The highest BCUT2D eigenvalue weighted by molar-refractivity contribution is 9.11. The molecule has 1 rings (SSSR count). The van der Waals surface area contributed by atoms with Crippen molar-refractivity contribution in [2.24, 2.45) is 0 Å². The number of ether oxygens (including phenoxy) is 1. The highest BCUT2D eigenvalue weighted by Crippen LogP contribution is 2.26. The van der Waals surface area contributed by atoms with Crippen molar-refractivity contribution >= 4 is 39.0 Å². The van der Waals surface area contributed by atoms with Crippen molar-refractivity contribution in [2.75, 3.05) is 6.61 Å². The maximum Gasteiger partial charge on any atom is 0.379 e. The number of halogens is 1. The summed E-state index contributed by atoms with van der Waals surface area (Å²) in [6.45, 7) is 3.68. The van der Waals surface area contributed by atoms with Crippen molar-refractivity contribution in [1.29, 1.82) is 0 Å². The quantitative estimate of drug-likeness (QED) is 0.484. The number of carbonyl (C=O) groups excluding carboxylic acids is 2. The average molecular weight is 277 g/mol. The molecule has 0 aromatic carbocycles. The molecule has 0 aliphatic rings. The summed E-state index contributed by atoms with van der Waals surface area (Å²) in [5.41, 5.74) is 0.417. The first-order valence-corrected chi connectivity index (χ1v) is 5.64. The molecule has 0 aliphatic heterocycles. The van der Waals surface area contributed by atoms with Gasteiger partial charge in [-0.1, -0.05) is 0 Å². The molecular weight excluding hydrogens is 268 g/mol. The van der Waals surface area contributed by atoms with Gasteiger partial charge in [0.2, 0.25) is 0 Å². The predicted molar refractivity (Wildman–Crippen MR) is 57.7 cm³/mol. The summed E-state index contributed by atoms with van der Waals surface area (Å²) in [4.78, 5) is 23.4. The Morgan fingerprint density at radius 1 is 1.57 bits per heavy atom. The van der Waals surface area contributed by atoms with Crippen LogP contribution in [-0.4, -0.2) is 18.4 Å². The van der Waals surface area contributed by atoms with Crippen LogP contribution in [0, 0.1) is 6.92 Å². The number of hydrogen-bond acceptors (Lipinski definition) is 4. The van der Waals surface area contributed by atoms with E-state index in [2.05, 4.69) is 20.7 Å². The van der Waals surface area contributed by atoms with Crippen LogP contribution in [0.5, 0.6) is 0 Å². The van der Waals surface area contributed by atoms with Crippen molar-refractivity contribution < 1.29 is 14.3 Å². The second kappa shape index (κ2) is 4.70. The van der Waals surface area contributed by atoms with Gasteiger partial charge in [-0.25, -0.2) is 4.79 Å². The van der Waals surface area contributed by atoms with Gasteiger partial charge in [-0.2, -0.15) is 0 Å². The van der Waals surface area contributed by atoms with E-state index in [0.29, 0.717) is 5.56 Å². The fraction of sp³-hybridized carbons (Fsp3) is 0.333. The minimum atomic E-state index is -0.791. The molecule has 0 atom stereocenters. The predicted octanol–water partition coefficient (Wildman–Crippen LogP) is 2.56. The van der Waals surface area contributed by atoms with Gasteiger partial charge in [0.25, 0.3) is 5.78 Å². The van der Waals surface area contributed by atoms with E-state index in [0.717, 1.165) is 8.66 Å². The molecule has 0 fully saturated rings. The van der Waals surface area contributed by atoms with Crippen LogP contribution in [-0.2, 0) is 9.53 Å². The van der Waals surface area contributed by atoms with Gasteiger partial charge in [0.15, 0.2) is 0 Å². The minimum Gasteiger partial charge on any atom is -0.460 e. The summed E-state index contributed by atoms with van der Waals surface area (Å²) >= 11 is 4.67. The highest BCUT2D eigenvalue weighted by atomic mass is 79.9. The van der Waals surface area contributed by atoms with E-state index < -0.39 is 11.8 Å². The number of carbonyl (C=O) groups is 2. The van der Waals surface area contributed by atoms with Gasteiger partial charge in [-0.15, -0.1) is 11.3 Å². The van der Waals surface area contributed by atoms with Crippen LogP contribution in [0.2, 0.25) is 0 Å². The second-order valence-corrected chi connectivity index (χ2v) is 5.21. The number of ketones is 1. The van der Waals surface area contributed by atoms with Crippen LogP contribution in [0.1, 0.15) is 22.2 Å². The molecule has 76 valence electrons. The van der Waals surface area contributed by atoms with Crippen molar-refractivity contribution in [3.63, 3.8) is 0 Å². The first-order chi connectivity index (χ1) is 6.56. The molecule has 1 aromatic heterocycles. The Kier molecular flexibility index (Phi) is 3.83. The Bertz CT molecular complexity index is 370. The van der Waals surface area contributed by atoms with E-state index in [1.807, 2.05) is 0 Å². The molecule has 0 saturated carbocycles. The number of rotatable bonds is 3. The summed E-state index contributed by atoms with van der Waals surface area (Å²) < 4.78 is 5.46. The number of thiophene rings is 1. The lowest BCUT2D eigenvalue weighted by atomic mass is 10.2. The van der Waals surface area contributed by atoms with Gasteiger partial charge in [-0.05, 0) is 35.8 Å². The van der Waals surface area contributed by atoms with E-state index in [1.165, 1.54) is 11.3 Å². The topological polar surface area (TPSA) is 43.4 Å². The molecule has 0 amide bonds. The van der Waals surface area contributed by atoms with E-state index >= 15 is 0 Å². The van der Waals surface area contributed by atoms with Gasteiger partial charge in [0, 0.05) is 10.4 Å². The molecule has 0 spiro atoms. The molecule has 1 heterocycles. The van der Waals surface area contributed by atoms with Gasteiger partial charge < -0.3 is 4.74 Å². The third kappa shape index (κ3) is 2.42. The van der Waals surface area contributed by atoms with E-state index in [-0.39, 0.29) is 6.61 Å². The van der Waals surface area contributed by atoms with Crippen LogP contribution in [0.25, 0.3) is 0 Å². The summed E-state index contributed by atoms with van der Waals surface area (Å²) in [5.74, 6) is -1.37. The maximum absolute atomic E-state index is 11.5. The third-order valence-corrected chi connectivity index (χ3v) is 3.15. The SMILES string of the molecule is CCOC(=O)C(=O)c1cc(Br)sc1C. The van der Waals surface area contributed by atoms with Crippen LogP contribution in [0.3, 0.4) is 0 Å². The summed E-state index contributed by atoms with van der Waals surface area (Å²) in [6.07, 6.45) is 0. The number of Topliss-reactive ketones (excluding diaryl/α,β-unsaturated/α-hetero) is 1. The van der Waals surface area contributed by atoms with Crippen LogP contribution >= 0.6 is 27.3 Å². The van der Waals surface area contributed by atoms with Crippen molar-refractivity contribution in [1.82, 2.24) is 0 Å². The second-order valence-electron chi connectivity index (χ2n) is 2.57. The molecule has 14 heavy (non-hydrogen) atoms. The van der Waals surface area contributed by atoms with Crippen LogP contribution in [0.15, 0.2) is 9.85 Å². The lowest BCUT2D eigenvalue weighted by Crippen LogP contribution is -2.17. The zero-order valence-corrected chi connectivity index (χ0v) is 10.2. The molecule has 0 bridgehead atoms. The molecule has 5 heteroatoms. The Balaban J connectivity index is 2.89. The Labute approximate surface area is 94.2 Å².